The van der Waals surface area contributed by atoms with Crippen LogP contribution in [0.4, 0.5) is 0 Å². The first-order valence-electron chi connectivity index (χ1n) is 7.74. The molecule has 2 unspecified atom stereocenters. The SMILES string of the molecule is CN1CCCCC1CCl.CN1CCCCC1CO.O=S(Cl)Cl. The number of nitrogens with zero attached hydrogens (tertiary/aromatic N) is 2. The second kappa shape index (κ2) is 14.3. The first kappa shape index (κ1) is 22.9. The summed E-state index contributed by atoms with van der Waals surface area (Å²) in [6.07, 6.45) is 7.77. The Bertz CT molecular complexity index is 275. The summed E-state index contributed by atoms with van der Waals surface area (Å²) >= 11 is 5.73. The number of rotatable bonds is 2. The van der Waals surface area contributed by atoms with Gasteiger partial charge in [0.05, 0.1) is 6.61 Å². The van der Waals surface area contributed by atoms with E-state index in [-0.39, 0.29) is 0 Å². The Morgan fingerprint density at radius 1 is 1.00 bits per heavy atom. The maximum atomic E-state index is 9.09. The third kappa shape index (κ3) is 11.4. The monoisotopic (exact) mass is 394 g/mol. The molecular formula is C14H29Cl3N2O2S. The fraction of sp³-hybridized carbons (Fsp3) is 1.00. The zero-order chi connectivity index (χ0) is 17.0. The summed E-state index contributed by atoms with van der Waals surface area (Å²) in [4.78, 5) is 4.60. The van der Waals surface area contributed by atoms with E-state index in [1.165, 1.54) is 45.1 Å². The predicted molar refractivity (Wildman–Crippen MR) is 98.2 cm³/mol. The Balaban J connectivity index is 0.000000326. The van der Waals surface area contributed by atoms with Crippen molar-refractivity contribution >= 4 is 42.2 Å². The molecule has 2 aliphatic heterocycles. The molecular weight excluding hydrogens is 367 g/mol. The Hall–Kier alpha value is 0.900. The molecule has 0 saturated carbocycles. The average molecular weight is 396 g/mol. The zero-order valence-electron chi connectivity index (χ0n) is 13.5. The van der Waals surface area contributed by atoms with Gasteiger partial charge in [-0.15, -0.1) is 11.6 Å². The number of aliphatic hydroxyl groups excluding tert-OH is 1. The summed E-state index contributed by atoms with van der Waals surface area (Å²) in [6.45, 7) is 2.72. The van der Waals surface area contributed by atoms with Crippen LogP contribution in [0.3, 0.4) is 0 Å². The maximum Gasteiger partial charge on any atom is 0.211 e. The lowest BCUT2D eigenvalue weighted by atomic mass is 10.0. The van der Waals surface area contributed by atoms with Crippen LogP contribution in [0.15, 0.2) is 0 Å². The second-order valence-corrected chi connectivity index (χ2v) is 8.61. The van der Waals surface area contributed by atoms with E-state index in [4.69, 9.17) is 20.9 Å². The molecule has 22 heavy (non-hydrogen) atoms. The molecule has 2 saturated heterocycles. The smallest absolute Gasteiger partial charge is 0.211 e. The van der Waals surface area contributed by atoms with E-state index in [9.17, 15) is 0 Å². The van der Waals surface area contributed by atoms with Crippen LogP contribution in [-0.2, 0) is 9.23 Å². The highest BCUT2D eigenvalue weighted by molar-refractivity contribution is 8.26. The normalized spacial score (nSPS) is 26.7. The molecule has 2 heterocycles. The topological polar surface area (TPSA) is 43.8 Å². The van der Waals surface area contributed by atoms with Crippen molar-refractivity contribution in [3.63, 3.8) is 0 Å². The molecule has 0 amide bonds. The van der Waals surface area contributed by atoms with Gasteiger partial charge in [-0.2, -0.15) is 0 Å². The van der Waals surface area contributed by atoms with Crippen molar-refractivity contribution in [2.75, 3.05) is 39.7 Å². The van der Waals surface area contributed by atoms with Crippen LogP contribution in [0.1, 0.15) is 38.5 Å². The minimum absolute atomic E-state index is 0.330. The second-order valence-electron chi connectivity index (χ2n) is 5.78. The zero-order valence-corrected chi connectivity index (χ0v) is 16.6. The summed E-state index contributed by atoms with van der Waals surface area (Å²) in [6, 6.07) is 1.10. The lowest BCUT2D eigenvalue weighted by Gasteiger charge is -2.30. The van der Waals surface area contributed by atoms with Crippen LogP contribution in [-0.4, -0.2) is 70.9 Å². The molecule has 2 aliphatic rings. The molecule has 134 valence electrons. The van der Waals surface area contributed by atoms with Crippen molar-refractivity contribution in [1.29, 1.82) is 0 Å². The van der Waals surface area contributed by atoms with Gasteiger partial charge in [-0.25, -0.2) is 4.21 Å². The van der Waals surface area contributed by atoms with Gasteiger partial charge in [-0.3, -0.25) is 0 Å². The third-order valence-electron chi connectivity index (χ3n) is 4.23. The Kier molecular flexibility index (Phi) is 14.8. The van der Waals surface area contributed by atoms with Crippen LogP contribution < -0.4 is 0 Å². The number of likely N-dealkylation sites (tertiary alicyclic amines) is 2. The van der Waals surface area contributed by atoms with E-state index in [2.05, 4.69) is 45.3 Å². The molecule has 0 bridgehead atoms. The molecule has 0 aromatic carbocycles. The largest absolute Gasteiger partial charge is 0.395 e. The van der Waals surface area contributed by atoms with Crippen molar-refractivity contribution in [2.45, 2.75) is 50.6 Å². The molecule has 0 spiro atoms. The van der Waals surface area contributed by atoms with E-state index in [1.807, 2.05) is 0 Å². The fourth-order valence-corrected chi connectivity index (χ4v) is 3.10. The predicted octanol–water partition coefficient (Wildman–Crippen LogP) is 3.22. The van der Waals surface area contributed by atoms with Crippen LogP contribution in [0.25, 0.3) is 0 Å². The van der Waals surface area contributed by atoms with Crippen molar-refractivity contribution in [3.05, 3.63) is 0 Å². The Labute approximate surface area is 151 Å². The summed E-state index contributed by atoms with van der Waals surface area (Å²) in [5.41, 5.74) is 0. The highest BCUT2D eigenvalue weighted by Gasteiger charge is 2.17. The number of likely N-dealkylation sites (N-methyl/N-ethyl adjacent to an activating group) is 1. The molecule has 2 rings (SSSR count). The maximum absolute atomic E-state index is 9.09. The summed E-state index contributed by atoms with van der Waals surface area (Å²) in [5.74, 6) is 0.802. The van der Waals surface area contributed by atoms with E-state index < -0.39 is 9.23 Å². The number of piperidine rings is 2. The lowest BCUT2D eigenvalue weighted by Crippen LogP contribution is -2.38. The number of hydrogen-bond donors (Lipinski definition) is 1. The van der Waals surface area contributed by atoms with Crippen molar-refractivity contribution < 1.29 is 9.32 Å². The highest BCUT2D eigenvalue weighted by Crippen LogP contribution is 2.15. The van der Waals surface area contributed by atoms with Gasteiger partial charge in [0.2, 0.25) is 9.23 Å². The lowest BCUT2D eigenvalue weighted by molar-refractivity contribution is 0.114. The summed E-state index contributed by atoms with van der Waals surface area (Å²) in [5, 5.41) is 8.82. The van der Waals surface area contributed by atoms with E-state index >= 15 is 0 Å². The van der Waals surface area contributed by atoms with Gasteiger partial charge in [0, 0.05) is 39.3 Å². The van der Waals surface area contributed by atoms with Crippen LogP contribution in [0.5, 0.6) is 0 Å². The van der Waals surface area contributed by atoms with Crippen molar-refractivity contribution in [2.24, 2.45) is 0 Å². The minimum Gasteiger partial charge on any atom is -0.395 e. The molecule has 2 fully saturated rings. The molecule has 0 aromatic rings. The van der Waals surface area contributed by atoms with Crippen LogP contribution in [0.2, 0.25) is 0 Å². The number of hydrogen-bond acceptors (Lipinski definition) is 4. The molecule has 0 aromatic heterocycles. The van der Waals surface area contributed by atoms with Gasteiger partial charge < -0.3 is 14.9 Å². The van der Waals surface area contributed by atoms with Crippen LogP contribution >= 0.6 is 33.0 Å². The molecule has 2 atom stereocenters. The van der Waals surface area contributed by atoms with Gasteiger partial charge in [-0.1, -0.05) is 12.8 Å². The molecule has 1 N–H and O–H groups in total. The Morgan fingerprint density at radius 2 is 1.41 bits per heavy atom. The first-order chi connectivity index (χ1) is 10.4. The fourth-order valence-electron chi connectivity index (χ4n) is 2.71. The average Bonchev–Trinajstić information content (AvgIpc) is 2.48. The Morgan fingerprint density at radius 3 is 1.64 bits per heavy atom. The molecule has 0 radical (unpaired) electrons. The van der Waals surface area contributed by atoms with Crippen molar-refractivity contribution in [3.8, 4) is 0 Å². The van der Waals surface area contributed by atoms with Gasteiger partial charge in [0.1, 0.15) is 0 Å². The summed E-state index contributed by atoms with van der Waals surface area (Å²) in [7, 11) is 11.6. The van der Waals surface area contributed by atoms with Crippen molar-refractivity contribution in [1.82, 2.24) is 9.80 Å². The van der Waals surface area contributed by atoms with Gasteiger partial charge in [0.25, 0.3) is 0 Å². The van der Waals surface area contributed by atoms with E-state index in [0.29, 0.717) is 18.7 Å². The third-order valence-corrected chi connectivity index (χ3v) is 4.59. The van der Waals surface area contributed by atoms with Gasteiger partial charge >= 0.3 is 0 Å². The van der Waals surface area contributed by atoms with Gasteiger partial charge in [0.15, 0.2) is 0 Å². The molecule has 4 nitrogen and oxygen atoms in total. The van der Waals surface area contributed by atoms with E-state index in [1.54, 1.807) is 0 Å². The standard InChI is InChI=1S/C7H14ClN.C7H15NO.Cl2OS/c1-9-5-3-2-4-7(9)6-8;1-8-5-3-2-4-7(8)6-9;1-4(2)3/h7H,2-6H2,1H3;7,9H,2-6H2,1H3;. The number of alkyl halides is 1. The highest BCUT2D eigenvalue weighted by atomic mass is 36.0. The molecule has 0 aliphatic carbocycles. The van der Waals surface area contributed by atoms with Gasteiger partial charge in [-0.05, 0) is 52.9 Å². The summed E-state index contributed by atoms with van der Waals surface area (Å²) < 4.78 is 9.09. The quantitative estimate of drug-likeness (QED) is 0.576. The minimum atomic E-state index is -1.67. The number of halogens is 3. The first-order valence-corrected chi connectivity index (χ1v) is 11.1. The van der Waals surface area contributed by atoms with E-state index in [0.717, 1.165) is 12.4 Å². The molecule has 8 heteroatoms. The van der Waals surface area contributed by atoms with Crippen LogP contribution in [0, 0.1) is 0 Å². The number of aliphatic hydroxyl groups is 1.